The van der Waals surface area contributed by atoms with Gasteiger partial charge >= 0.3 is 0 Å². The van der Waals surface area contributed by atoms with Crippen molar-refractivity contribution in [1.82, 2.24) is 15.1 Å². The molecule has 0 bridgehead atoms. The highest BCUT2D eigenvalue weighted by molar-refractivity contribution is 6.31. The molecule has 1 N–H and O–H groups in total. The van der Waals surface area contributed by atoms with Crippen molar-refractivity contribution < 1.29 is 19.1 Å². The van der Waals surface area contributed by atoms with Crippen LogP contribution in [0.5, 0.6) is 5.75 Å². The van der Waals surface area contributed by atoms with Crippen LogP contribution in [0.3, 0.4) is 0 Å². The highest BCUT2D eigenvalue weighted by Gasteiger charge is 2.41. The standard InChI is InChI=1S/C29H29ClN4O4/c30-23-11-17(13-31)5-7-21(23)19-14-33(15-19)24-3-1-2-4-26(24)38-20-6-8-22-18(12-20)16-34(29(22)37)25-9-10-27(35)32-28(25)36/h5-8,11-12,19,24-26H,1-4,9-10,14-16H2,(H,32,35,36)/t24-,25+,26-/m1/s1. The Morgan fingerprint density at radius 2 is 1.84 bits per heavy atom. The van der Waals surface area contributed by atoms with Crippen LogP contribution in [0.25, 0.3) is 0 Å². The second-order valence-corrected chi connectivity index (χ2v) is 11.1. The second-order valence-electron chi connectivity index (χ2n) is 10.7. The maximum Gasteiger partial charge on any atom is 0.255 e. The maximum atomic E-state index is 13.0. The van der Waals surface area contributed by atoms with E-state index in [0.717, 1.165) is 49.2 Å². The van der Waals surface area contributed by atoms with Gasteiger partial charge in [-0.15, -0.1) is 0 Å². The van der Waals surface area contributed by atoms with Crippen LogP contribution < -0.4 is 10.1 Å². The number of imide groups is 1. The van der Waals surface area contributed by atoms with Crippen molar-refractivity contribution in [3.8, 4) is 11.8 Å². The van der Waals surface area contributed by atoms with Crippen LogP contribution in [0, 0.1) is 11.3 Å². The van der Waals surface area contributed by atoms with E-state index in [1.165, 1.54) is 6.42 Å². The summed E-state index contributed by atoms with van der Waals surface area (Å²) in [5.74, 6) is 0.221. The van der Waals surface area contributed by atoms with Gasteiger partial charge in [0.05, 0.1) is 11.6 Å². The van der Waals surface area contributed by atoms with E-state index in [2.05, 4.69) is 16.3 Å². The van der Waals surface area contributed by atoms with Gasteiger partial charge in [-0.05, 0) is 67.1 Å². The average molecular weight is 533 g/mol. The summed E-state index contributed by atoms with van der Waals surface area (Å²) in [4.78, 5) is 40.9. The first-order valence-electron chi connectivity index (χ1n) is 13.3. The highest BCUT2D eigenvalue weighted by atomic mass is 35.5. The van der Waals surface area contributed by atoms with Gasteiger partial charge in [-0.1, -0.05) is 24.1 Å². The number of nitrogens with zero attached hydrogens (tertiary/aromatic N) is 3. The number of ether oxygens (including phenoxy) is 1. The van der Waals surface area contributed by atoms with Crippen molar-refractivity contribution in [3.05, 3.63) is 63.7 Å². The van der Waals surface area contributed by atoms with Crippen molar-refractivity contribution in [2.75, 3.05) is 13.1 Å². The minimum Gasteiger partial charge on any atom is -0.489 e. The number of nitriles is 1. The van der Waals surface area contributed by atoms with Crippen LogP contribution in [0.1, 0.15) is 71.5 Å². The van der Waals surface area contributed by atoms with Crippen molar-refractivity contribution in [1.29, 1.82) is 5.26 Å². The molecule has 3 atom stereocenters. The lowest BCUT2D eigenvalue weighted by molar-refractivity contribution is -0.136. The lowest BCUT2D eigenvalue weighted by atomic mass is 9.84. The van der Waals surface area contributed by atoms with E-state index < -0.39 is 11.9 Å². The third-order valence-electron chi connectivity index (χ3n) is 8.40. The molecule has 4 aliphatic rings. The number of hydrogen-bond donors (Lipinski definition) is 1. The van der Waals surface area contributed by atoms with Gasteiger partial charge in [0, 0.05) is 48.6 Å². The average Bonchev–Trinajstić information content (AvgIpc) is 3.20. The largest absolute Gasteiger partial charge is 0.489 e. The van der Waals surface area contributed by atoms with Crippen LogP contribution in [-0.4, -0.2) is 58.8 Å². The predicted octanol–water partition coefficient (Wildman–Crippen LogP) is 3.76. The zero-order valence-electron chi connectivity index (χ0n) is 21.0. The second kappa shape index (κ2) is 10.0. The number of nitrogens with one attached hydrogen (secondary N) is 1. The molecule has 2 aromatic carbocycles. The summed E-state index contributed by atoms with van der Waals surface area (Å²) >= 11 is 6.46. The summed E-state index contributed by atoms with van der Waals surface area (Å²) in [5.41, 5.74) is 3.11. The lowest BCUT2D eigenvalue weighted by Gasteiger charge is -2.48. The van der Waals surface area contributed by atoms with E-state index in [1.807, 2.05) is 24.3 Å². The van der Waals surface area contributed by atoms with E-state index in [4.69, 9.17) is 21.6 Å². The molecule has 0 unspecified atom stereocenters. The number of likely N-dealkylation sites (tertiary alicyclic amines) is 1. The van der Waals surface area contributed by atoms with Gasteiger partial charge in [-0.2, -0.15) is 5.26 Å². The van der Waals surface area contributed by atoms with Crippen LogP contribution >= 0.6 is 11.6 Å². The molecule has 0 spiro atoms. The SMILES string of the molecule is N#Cc1ccc(C2CN([C@@H]3CCCC[C@H]3Oc3ccc4c(c3)CN([C@H]3CCC(=O)NC3=O)C4=O)C2)c(Cl)c1. The summed E-state index contributed by atoms with van der Waals surface area (Å²) in [7, 11) is 0. The van der Waals surface area contributed by atoms with Gasteiger partial charge < -0.3 is 9.64 Å². The van der Waals surface area contributed by atoms with E-state index in [1.54, 1.807) is 17.0 Å². The molecule has 2 saturated heterocycles. The third-order valence-corrected chi connectivity index (χ3v) is 8.73. The third kappa shape index (κ3) is 4.55. The van der Waals surface area contributed by atoms with Crippen LogP contribution in [-0.2, 0) is 16.1 Å². The van der Waals surface area contributed by atoms with E-state index >= 15 is 0 Å². The van der Waals surface area contributed by atoms with Crippen molar-refractivity contribution in [2.45, 2.75) is 69.2 Å². The van der Waals surface area contributed by atoms with Gasteiger partial charge in [0.25, 0.3) is 5.91 Å². The Hall–Kier alpha value is -3.41. The summed E-state index contributed by atoms with van der Waals surface area (Å²) < 4.78 is 6.54. The number of rotatable bonds is 5. The summed E-state index contributed by atoms with van der Waals surface area (Å²) in [5, 5.41) is 12.1. The maximum absolute atomic E-state index is 13.0. The summed E-state index contributed by atoms with van der Waals surface area (Å²) in [6, 6.07) is 13.0. The molecule has 1 aliphatic carbocycles. The molecule has 3 amide bonds. The van der Waals surface area contributed by atoms with Crippen LogP contribution in [0.4, 0.5) is 0 Å². The molecule has 1 saturated carbocycles. The fourth-order valence-electron chi connectivity index (χ4n) is 6.34. The predicted molar refractivity (Wildman–Crippen MR) is 140 cm³/mol. The number of carbonyl (C=O) groups excluding carboxylic acids is 3. The van der Waals surface area contributed by atoms with Gasteiger partial charge in [-0.3, -0.25) is 24.6 Å². The molecule has 0 radical (unpaired) electrons. The van der Waals surface area contributed by atoms with Crippen LogP contribution in [0.15, 0.2) is 36.4 Å². The summed E-state index contributed by atoms with van der Waals surface area (Å²) in [6.07, 6.45) is 4.98. The molecule has 8 nitrogen and oxygen atoms in total. The van der Waals surface area contributed by atoms with Crippen LogP contribution in [0.2, 0.25) is 5.02 Å². The van der Waals surface area contributed by atoms with Gasteiger partial charge in [0.15, 0.2) is 0 Å². The lowest BCUT2D eigenvalue weighted by Crippen LogP contribution is -2.57. The fourth-order valence-corrected chi connectivity index (χ4v) is 6.67. The first-order valence-corrected chi connectivity index (χ1v) is 13.7. The molecule has 9 heteroatoms. The minimum atomic E-state index is -0.622. The molecule has 3 heterocycles. The molecule has 2 aromatic rings. The Balaban J connectivity index is 1.11. The molecule has 0 aromatic heterocycles. The fraction of sp³-hybridized carbons (Fsp3) is 0.448. The number of piperidine rings is 1. The Morgan fingerprint density at radius 1 is 1.03 bits per heavy atom. The van der Waals surface area contributed by atoms with E-state index in [9.17, 15) is 14.4 Å². The molecular formula is C29H29ClN4O4. The molecule has 6 rings (SSSR count). The van der Waals surface area contributed by atoms with E-state index in [0.29, 0.717) is 41.1 Å². The van der Waals surface area contributed by atoms with Gasteiger partial charge in [0.1, 0.15) is 17.9 Å². The Kier molecular flexibility index (Phi) is 6.58. The molecule has 38 heavy (non-hydrogen) atoms. The molecule has 3 aliphatic heterocycles. The number of hydrogen-bond acceptors (Lipinski definition) is 6. The monoisotopic (exact) mass is 532 g/mol. The molecule has 3 fully saturated rings. The number of benzene rings is 2. The van der Waals surface area contributed by atoms with Crippen molar-refractivity contribution in [2.24, 2.45) is 0 Å². The highest BCUT2D eigenvalue weighted by Crippen LogP contribution is 2.38. The Morgan fingerprint density at radius 3 is 2.61 bits per heavy atom. The summed E-state index contributed by atoms with van der Waals surface area (Å²) in [6.45, 7) is 2.16. The molecular weight excluding hydrogens is 504 g/mol. The number of fused-ring (bicyclic) bond motifs is 1. The first-order chi connectivity index (χ1) is 18.4. The van der Waals surface area contributed by atoms with Crippen molar-refractivity contribution in [3.63, 3.8) is 0 Å². The zero-order chi connectivity index (χ0) is 26.4. The smallest absolute Gasteiger partial charge is 0.255 e. The molecule has 196 valence electrons. The zero-order valence-corrected chi connectivity index (χ0v) is 21.7. The minimum absolute atomic E-state index is 0.0579. The normalized spacial score (nSPS) is 25.9. The first kappa shape index (κ1) is 24.9. The number of halogens is 1. The van der Waals surface area contributed by atoms with Crippen molar-refractivity contribution >= 4 is 29.3 Å². The van der Waals surface area contributed by atoms with Gasteiger partial charge in [-0.25, -0.2) is 0 Å². The topological polar surface area (TPSA) is 103 Å². The Labute approximate surface area is 226 Å². The van der Waals surface area contributed by atoms with E-state index in [-0.39, 0.29) is 24.3 Å². The van der Waals surface area contributed by atoms with Gasteiger partial charge in [0.2, 0.25) is 11.8 Å². The Bertz CT molecular complexity index is 1350. The number of carbonyl (C=O) groups is 3. The number of amides is 3. The quantitative estimate of drug-likeness (QED) is 0.588.